The number of carbonyl (C=O) groups is 3. The molecule has 6 N–H and O–H groups in total. The highest BCUT2D eigenvalue weighted by molar-refractivity contribution is 5.85. The number of carbonyl (C=O) groups excluding carboxylic acids is 2. The van der Waals surface area contributed by atoms with Crippen LogP contribution in [0.15, 0.2) is 133 Å². The fourth-order valence-electron chi connectivity index (χ4n) is 7.71. The lowest BCUT2D eigenvalue weighted by Gasteiger charge is -2.26. The van der Waals surface area contributed by atoms with Gasteiger partial charge < -0.3 is 45.3 Å². The minimum Gasteiger partial charge on any atom is -0.480 e. The maximum absolute atomic E-state index is 14.8. The van der Waals surface area contributed by atoms with Crippen molar-refractivity contribution in [3.05, 3.63) is 156 Å². The number of para-hydroxylation sites is 4. The van der Waals surface area contributed by atoms with Crippen molar-refractivity contribution in [2.75, 3.05) is 33.4 Å². The van der Waals surface area contributed by atoms with Crippen molar-refractivity contribution in [2.24, 2.45) is 5.73 Å². The molecule has 4 atom stereocenters. The number of aromatic nitrogens is 4. The summed E-state index contributed by atoms with van der Waals surface area (Å²) in [6, 6.07) is 31.4. The van der Waals surface area contributed by atoms with Gasteiger partial charge in [0, 0.05) is 19.4 Å². The summed E-state index contributed by atoms with van der Waals surface area (Å²) in [5.74, 6) is -9.61. The van der Waals surface area contributed by atoms with Crippen LogP contribution in [0.25, 0.3) is 22.1 Å². The van der Waals surface area contributed by atoms with Crippen molar-refractivity contribution in [2.45, 2.75) is 81.4 Å². The molecule has 0 radical (unpaired) electrons. The van der Waals surface area contributed by atoms with E-state index in [1.165, 1.54) is 13.2 Å². The number of aliphatic hydroxyl groups is 2. The van der Waals surface area contributed by atoms with Gasteiger partial charge >= 0.3 is 29.9 Å². The molecule has 8 rings (SSSR count). The Hall–Kier alpha value is -7.30. The average molecular weight is 1060 g/mol. The highest BCUT2D eigenvalue weighted by Gasteiger charge is 2.45. The van der Waals surface area contributed by atoms with Crippen molar-refractivity contribution in [3.8, 4) is 11.8 Å². The molecule has 1 amide bonds. The maximum Gasteiger partial charge on any atom is 0.411 e. The number of methoxy groups -OCH3 is 1. The van der Waals surface area contributed by atoms with E-state index in [0.29, 0.717) is 28.7 Å². The number of carboxylic acids is 1. The molecule has 75 heavy (non-hydrogen) atoms. The number of hydrogen-bond acceptors (Lipinski definition) is 15. The van der Waals surface area contributed by atoms with Crippen molar-refractivity contribution in [1.82, 2.24) is 30.2 Å². The van der Waals surface area contributed by atoms with E-state index in [1.807, 2.05) is 36.4 Å². The number of amides is 1. The zero-order valence-corrected chi connectivity index (χ0v) is 42.1. The Bertz CT molecular complexity index is 2880. The number of benzene rings is 4. The third kappa shape index (κ3) is 15.9. The summed E-state index contributed by atoms with van der Waals surface area (Å²) in [6.07, 6.45) is 0.641. The number of likely N-dealkylation sites (tertiary alicyclic amines) is 1. The number of rotatable bonds is 14. The predicted molar refractivity (Wildman–Crippen MR) is 272 cm³/mol. The third-order valence-electron chi connectivity index (χ3n) is 11.2. The van der Waals surface area contributed by atoms with E-state index in [0.717, 1.165) is 28.2 Å². The molecule has 2 aromatic heterocycles. The van der Waals surface area contributed by atoms with Gasteiger partial charge in [0.15, 0.2) is 11.4 Å². The lowest BCUT2D eigenvalue weighted by Crippen LogP contribution is -2.43. The van der Waals surface area contributed by atoms with Crippen LogP contribution < -0.4 is 20.5 Å². The molecule has 2 aliphatic heterocycles. The molecule has 0 bridgehead atoms. The smallest absolute Gasteiger partial charge is 0.411 e. The molecule has 0 unspecified atom stereocenters. The molecule has 400 valence electrons. The van der Waals surface area contributed by atoms with Gasteiger partial charge in [0.05, 0.1) is 55.0 Å². The number of ether oxygens (including phenoxy) is 4. The second-order valence-corrected chi connectivity index (χ2v) is 17.9. The molecule has 4 heterocycles. The van der Waals surface area contributed by atoms with Crippen LogP contribution in [0.5, 0.6) is 11.8 Å². The summed E-state index contributed by atoms with van der Waals surface area (Å²) in [4.78, 5) is 53.2. The van der Waals surface area contributed by atoms with Gasteiger partial charge in [-0.1, -0.05) is 97.1 Å². The molecule has 0 spiro atoms. The van der Waals surface area contributed by atoms with E-state index in [2.05, 4.69) is 54.3 Å². The fraction of sp³-hybridized carbons (Fsp3) is 0.340. The number of halogens is 5. The molecule has 2 saturated heterocycles. The van der Waals surface area contributed by atoms with Gasteiger partial charge in [-0.25, -0.2) is 29.5 Å². The van der Waals surface area contributed by atoms with Gasteiger partial charge in [-0.05, 0) is 68.3 Å². The second kappa shape index (κ2) is 26.3. The minimum absolute atomic E-state index is 0. The molecular formula is C53H58ClF4N7O10. The van der Waals surface area contributed by atoms with Crippen LogP contribution in [-0.4, -0.2) is 121 Å². The van der Waals surface area contributed by atoms with Crippen molar-refractivity contribution in [1.29, 1.82) is 0 Å². The molecule has 2 fully saturated rings. The zero-order chi connectivity index (χ0) is 53.6. The summed E-state index contributed by atoms with van der Waals surface area (Å²) in [5.41, 5.74) is 7.36. The number of nitrogens with two attached hydrogens (primary N) is 1. The normalized spacial score (nSPS) is 17.7. The van der Waals surface area contributed by atoms with Crippen LogP contribution in [0.1, 0.15) is 62.2 Å². The summed E-state index contributed by atoms with van der Waals surface area (Å²) in [7, 11) is 1.28. The zero-order valence-electron chi connectivity index (χ0n) is 41.3. The quantitative estimate of drug-likeness (QED) is 0.0397. The number of hydrogen-bond donors (Lipinski definition) is 5. The SMILES string of the molecule is CC(C)(C)OC(=O)N1C[C@H](Oc2nc3ccccc3nc2C(F)(F)/C=C/CO)C[C@H]1C(=O)O.COC(=O)[C@@H]1C[C@H](Oc2nc3ccccc3nc2C(F)(F)/C=C/CO)CN1.Cl.NC(c1ccccc1)c1ccccc1. The van der Waals surface area contributed by atoms with Crippen LogP contribution >= 0.6 is 12.4 Å². The molecule has 6 aromatic rings. The lowest BCUT2D eigenvalue weighted by molar-refractivity contribution is -0.143. The minimum atomic E-state index is -3.62. The molecule has 0 saturated carbocycles. The first kappa shape index (κ1) is 58.6. The topological polar surface area (TPSA) is 242 Å². The highest BCUT2D eigenvalue weighted by atomic mass is 35.5. The number of allylic oxidation sites excluding steroid dienone is 2. The molecule has 17 nitrogen and oxygen atoms in total. The number of nitrogens with one attached hydrogen (secondary N) is 1. The van der Waals surface area contributed by atoms with E-state index >= 15 is 0 Å². The van der Waals surface area contributed by atoms with Gasteiger partial charge in [0.1, 0.15) is 29.9 Å². The number of nitrogens with zero attached hydrogens (tertiary/aromatic N) is 5. The fourth-order valence-corrected chi connectivity index (χ4v) is 7.71. The van der Waals surface area contributed by atoms with Gasteiger partial charge in [-0.3, -0.25) is 9.69 Å². The van der Waals surface area contributed by atoms with E-state index in [-0.39, 0.29) is 55.8 Å². The number of carboxylic acid groups (broad SMARTS) is 1. The number of fused-ring (bicyclic) bond motifs is 2. The Morgan fingerprint density at radius 1 is 0.707 bits per heavy atom. The van der Waals surface area contributed by atoms with Crippen LogP contribution in [0, 0.1) is 0 Å². The van der Waals surface area contributed by atoms with Crippen molar-refractivity contribution < 1.29 is 66.2 Å². The first-order valence-electron chi connectivity index (χ1n) is 23.3. The third-order valence-corrected chi connectivity index (χ3v) is 11.2. The number of aliphatic hydroxyl groups excluding tert-OH is 2. The highest BCUT2D eigenvalue weighted by Crippen LogP contribution is 2.38. The van der Waals surface area contributed by atoms with E-state index < -0.39 is 90.3 Å². The van der Waals surface area contributed by atoms with Crippen LogP contribution in [0.4, 0.5) is 22.4 Å². The Labute approximate surface area is 435 Å². The average Bonchev–Trinajstić information content (AvgIpc) is 4.05. The van der Waals surface area contributed by atoms with Gasteiger partial charge in [0.2, 0.25) is 11.8 Å². The van der Waals surface area contributed by atoms with Crippen LogP contribution in [0.3, 0.4) is 0 Å². The predicted octanol–water partition coefficient (Wildman–Crippen LogP) is 7.82. The van der Waals surface area contributed by atoms with E-state index in [1.54, 1.807) is 63.2 Å². The van der Waals surface area contributed by atoms with Crippen LogP contribution in [-0.2, 0) is 30.9 Å². The molecule has 2 aliphatic rings. The number of alkyl halides is 4. The van der Waals surface area contributed by atoms with Crippen molar-refractivity contribution >= 4 is 52.5 Å². The first-order chi connectivity index (χ1) is 35.2. The second-order valence-electron chi connectivity index (χ2n) is 17.9. The molecule has 22 heteroatoms. The summed E-state index contributed by atoms with van der Waals surface area (Å²) < 4.78 is 80.2. The number of aliphatic carboxylic acids is 1. The Morgan fingerprint density at radius 3 is 1.55 bits per heavy atom. The Kier molecular flexibility index (Phi) is 20.5. The standard InChI is InChI=1S/C22H25F2N3O6.C18H19F2N3O4.C13H13N.ClH/c1-21(2,3)33-20(31)27-12-13(11-16(27)19(29)30)32-18-17(22(23,24)9-6-10-28)25-14-7-4-5-8-15(14)26-18;1-26-17(25)14-9-11(10-21-14)27-16-15(18(19,20)7-4-8-24)22-12-5-2-3-6-13(12)23-16;14-13(11-7-3-1-4-8-11)12-9-5-2-6-10-12;/h4-9,13,16,28H,10-12H2,1-3H3,(H,29,30);2-7,11,14,21,24H,8-10H2,1H3;1-10,13H,14H2;1H/b9-6+;7-4+;;/t13-,16+;11-,14-;;/m10../s1. The maximum atomic E-state index is 14.8. The van der Waals surface area contributed by atoms with E-state index in [4.69, 9.17) is 30.2 Å². The van der Waals surface area contributed by atoms with Crippen molar-refractivity contribution in [3.63, 3.8) is 0 Å². The van der Waals surface area contributed by atoms with Crippen LogP contribution in [0.2, 0.25) is 0 Å². The van der Waals surface area contributed by atoms with Gasteiger partial charge in [-0.2, -0.15) is 17.6 Å². The monoisotopic (exact) mass is 1060 g/mol. The first-order valence-corrected chi connectivity index (χ1v) is 23.3. The van der Waals surface area contributed by atoms with Gasteiger partial charge in [-0.15, -0.1) is 12.4 Å². The Morgan fingerprint density at radius 2 is 1.13 bits per heavy atom. The van der Waals surface area contributed by atoms with E-state index in [9.17, 15) is 37.1 Å². The summed E-state index contributed by atoms with van der Waals surface area (Å²) in [6.45, 7) is 3.89. The lowest BCUT2D eigenvalue weighted by atomic mass is 10.00. The summed E-state index contributed by atoms with van der Waals surface area (Å²) >= 11 is 0. The summed E-state index contributed by atoms with van der Waals surface area (Å²) in [5, 5.41) is 30.2. The molecular weight excluding hydrogens is 1010 g/mol. The number of esters is 1. The largest absolute Gasteiger partial charge is 0.480 e. The Balaban J connectivity index is 0.000000222. The van der Waals surface area contributed by atoms with Gasteiger partial charge in [0.25, 0.3) is 0 Å². The molecule has 4 aromatic carbocycles. The molecule has 0 aliphatic carbocycles.